The smallest absolute Gasteiger partial charge is 0.325 e. The highest BCUT2D eigenvalue weighted by Crippen LogP contribution is 2.20. The van der Waals surface area contributed by atoms with Gasteiger partial charge in [-0.05, 0) is 42.5 Å². The molecular weight excluding hydrogens is 428 g/mol. The Bertz CT molecular complexity index is 1030. The van der Waals surface area contributed by atoms with E-state index in [1.54, 1.807) is 12.1 Å². The van der Waals surface area contributed by atoms with Crippen molar-refractivity contribution in [1.29, 1.82) is 0 Å². The first-order valence-corrected chi connectivity index (χ1v) is 10.4. The second-order valence-electron chi connectivity index (χ2n) is 6.18. The van der Waals surface area contributed by atoms with Crippen LogP contribution >= 0.6 is 0 Å². The number of amides is 1. The van der Waals surface area contributed by atoms with Gasteiger partial charge in [-0.2, -0.15) is 0 Å². The van der Waals surface area contributed by atoms with Crippen molar-refractivity contribution in [2.75, 3.05) is 39.1 Å². The lowest BCUT2D eigenvalue weighted by Gasteiger charge is -2.20. The Balaban J connectivity index is 2.28. The summed E-state index contributed by atoms with van der Waals surface area (Å²) in [6.45, 7) is -1.02. The molecule has 0 aromatic heterocycles. The number of hydrogen-bond donors (Lipinski definition) is 1. The number of carbonyl (C=O) groups excluding carboxylic acids is 3. The van der Waals surface area contributed by atoms with E-state index in [4.69, 9.17) is 4.74 Å². The Labute approximate surface area is 179 Å². The van der Waals surface area contributed by atoms with Gasteiger partial charge in [-0.3, -0.25) is 19.1 Å². The molecule has 2 rings (SSSR count). The zero-order valence-corrected chi connectivity index (χ0v) is 18.0. The number of carbonyl (C=O) groups is 3. The first-order valence-electron chi connectivity index (χ1n) is 8.90. The molecule has 1 N–H and O–H groups in total. The number of sulfonamides is 1. The maximum Gasteiger partial charge on any atom is 0.325 e. The number of nitrogens with zero attached hydrogens (tertiary/aromatic N) is 1. The summed E-state index contributed by atoms with van der Waals surface area (Å²) in [5.41, 5.74) is 0.265. The quantitative estimate of drug-likeness (QED) is 0.566. The largest absolute Gasteiger partial charge is 0.497 e. The lowest BCUT2D eigenvalue weighted by atomic mass is 10.2. The Morgan fingerprint density at radius 1 is 0.903 bits per heavy atom. The molecule has 31 heavy (non-hydrogen) atoms. The molecule has 0 spiro atoms. The lowest BCUT2D eigenvalue weighted by Crippen LogP contribution is -2.40. The van der Waals surface area contributed by atoms with Gasteiger partial charge in [0.05, 0.1) is 26.2 Å². The minimum atomic E-state index is -4.01. The van der Waals surface area contributed by atoms with Crippen molar-refractivity contribution in [3.8, 4) is 5.75 Å². The van der Waals surface area contributed by atoms with Gasteiger partial charge in [0.1, 0.15) is 18.8 Å². The second-order valence-corrected chi connectivity index (χ2v) is 7.86. The van der Waals surface area contributed by atoms with Crippen molar-refractivity contribution in [3.63, 3.8) is 0 Å². The van der Waals surface area contributed by atoms with Gasteiger partial charge in [0.25, 0.3) is 15.9 Å². The third-order valence-corrected chi connectivity index (χ3v) is 5.49. The lowest BCUT2D eigenvalue weighted by molar-refractivity contribution is -0.144. The van der Waals surface area contributed by atoms with Crippen molar-refractivity contribution in [1.82, 2.24) is 4.90 Å². The predicted octanol–water partition coefficient (Wildman–Crippen LogP) is 1.28. The molecule has 0 saturated heterocycles. The van der Waals surface area contributed by atoms with Crippen LogP contribution in [-0.4, -0.2) is 65.6 Å². The van der Waals surface area contributed by atoms with Crippen molar-refractivity contribution < 1.29 is 37.0 Å². The summed E-state index contributed by atoms with van der Waals surface area (Å²) >= 11 is 0. The fourth-order valence-corrected chi connectivity index (χ4v) is 3.60. The van der Waals surface area contributed by atoms with Crippen LogP contribution in [0.3, 0.4) is 0 Å². The van der Waals surface area contributed by atoms with E-state index in [-0.39, 0.29) is 10.5 Å². The Kier molecular flexibility index (Phi) is 7.97. The molecule has 2 aromatic rings. The first-order chi connectivity index (χ1) is 14.7. The van der Waals surface area contributed by atoms with Crippen LogP contribution in [0.2, 0.25) is 0 Å². The monoisotopic (exact) mass is 450 g/mol. The zero-order valence-electron chi connectivity index (χ0n) is 17.2. The SMILES string of the molecule is COC(=O)CN(CC(=O)OC)C(=O)c1cccc(S(=O)(=O)Nc2ccc(OC)cc2)c1. The molecule has 10 nitrogen and oxygen atoms in total. The Morgan fingerprint density at radius 3 is 2.00 bits per heavy atom. The first kappa shape index (κ1) is 23.7. The van der Waals surface area contributed by atoms with E-state index in [0.29, 0.717) is 11.4 Å². The highest BCUT2D eigenvalue weighted by Gasteiger charge is 2.24. The highest BCUT2D eigenvalue weighted by atomic mass is 32.2. The number of ether oxygens (including phenoxy) is 3. The zero-order chi connectivity index (χ0) is 23.0. The van der Waals surface area contributed by atoms with Crippen LogP contribution in [0.5, 0.6) is 5.75 Å². The number of esters is 2. The number of methoxy groups -OCH3 is 3. The molecule has 0 fully saturated rings. The molecule has 0 aliphatic heterocycles. The van der Waals surface area contributed by atoms with Gasteiger partial charge >= 0.3 is 11.9 Å². The summed E-state index contributed by atoms with van der Waals surface area (Å²) < 4.78 is 42.0. The van der Waals surface area contributed by atoms with Crippen LogP contribution in [-0.2, 0) is 29.1 Å². The van der Waals surface area contributed by atoms with Gasteiger partial charge in [-0.15, -0.1) is 0 Å². The maximum atomic E-state index is 12.8. The number of anilines is 1. The van der Waals surface area contributed by atoms with E-state index >= 15 is 0 Å². The topological polar surface area (TPSA) is 128 Å². The minimum Gasteiger partial charge on any atom is -0.497 e. The average molecular weight is 450 g/mol. The van der Waals surface area contributed by atoms with E-state index in [0.717, 1.165) is 25.2 Å². The predicted molar refractivity (Wildman–Crippen MR) is 110 cm³/mol. The minimum absolute atomic E-state index is 0.0367. The number of benzene rings is 2. The van der Waals surface area contributed by atoms with Gasteiger partial charge in [0.15, 0.2) is 0 Å². The molecule has 166 valence electrons. The molecule has 0 saturated carbocycles. The van der Waals surface area contributed by atoms with Crippen LogP contribution in [0, 0.1) is 0 Å². The number of rotatable bonds is 9. The highest BCUT2D eigenvalue weighted by molar-refractivity contribution is 7.92. The molecule has 0 atom stereocenters. The normalized spacial score (nSPS) is 10.7. The summed E-state index contributed by atoms with van der Waals surface area (Å²) in [4.78, 5) is 36.8. The van der Waals surface area contributed by atoms with Gasteiger partial charge in [-0.1, -0.05) is 6.07 Å². The standard InChI is InChI=1S/C20H22N2O8S/c1-28-16-9-7-15(8-10-16)21-31(26,27)17-6-4-5-14(11-17)20(25)22(12-18(23)29-2)13-19(24)30-3/h4-11,21H,12-13H2,1-3H3. The fraction of sp³-hybridized carbons (Fsp3) is 0.250. The molecule has 0 aliphatic carbocycles. The molecular formula is C20H22N2O8S. The van der Waals surface area contributed by atoms with Gasteiger partial charge in [0.2, 0.25) is 0 Å². The van der Waals surface area contributed by atoms with Crippen molar-refractivity contribution in [2.24, 2.45) is 0 Å². The molecule has 1 amide bonds. The average Bonchev–Trinajstić information content (AvgIpc) is 2.78. The molecule has 2 aromatic carbocycles. The summed E-state index contributed by atoms with van der Waals surface area (Å²) in [7, 11) is -0.243. The van der Waals surface area contributed by atoms with Crippen LogP contribution in [0.4, 0.5) is 5.69 Å². The van der Waals surface area contributed by atoms with E-state index in [1.165, 1.54) is 37.4 Å². The summed E-state index contributed by atoms with van der Waals surface area (Å²) in [6.07, 6.45) is 0. The van der Waals surface area contributed by atoms with Crippen LogP contribution in [0.25, 0.3) is 0 Å². The fourth-order valence-electron chi connectivity index (χ4n) is 2.49. The number of nitrogens with one attached hydrogen (secondary N) is 1. The number of hydrogen-bond acceptors (Lipinski definition) is 8. The molecule has 0 bridgehead atoms. The summed E-state index contributed by atoms with van der Waals surface area (Å²) in [5.74, 6) is -1.67. The van der Waals surface area contributed by atoms with E-state index in [2.05, 4.69) is 14.2 Å². The van der Waals surface area contributed by atoms with E-state index < -0.39 is 41.0 Å². The van der Waals surface area contributed by atoms with E-state index in [9.17, 15) is 22.8 Å². The van der Waals surface area contributed by atoms with Gasteiger partial charge < -0.3 is 19.1 Å². The Morgan fingerprint density at radius 2 is 1.48 bits per heavy atom. The molecule has 0 heterocycles. The summed E-state index contributed by atoms with van der Waals surface area (Å²) in [6, 6.07) is 11.5. The van der Waals surface area contributed by atoms with Gasteiger partial charge in [0, 0.05) is 11.3 Å². The molecule has 0 aliphatic rings. The third-order valence-electron chi connectivity index (χ3n) is 4.12. The van der Waals surface area contributed by atoms with Crippen LogP contribution < -0.4 is 9.46 Å². The van der Waals surface area contributed by atoms with E-state index in [1.807, 2.05) is 0 Å². The van der Waals surface area contributed by atoms with Crippen molar-refractivity contribution in [3.05, 3.63) is 54.1 Å². The molecule has 11 heteroatoms. The Hall–Kier alpha value is -3.60. The molecule has 0 unspecified atom stereocenters. The summed E-state index contributed by atoms with van der Waals surface area (Å²) in [5, 5.41) is 0. The maximum absolute atomic E-state index is 12.8. The second kappa shape index (κ2) is 10.4. The molecule has 0 radical (unpaired) electrons. The van der Waals surface area contributed by atoms with Crippen molar-refractivity contribution >= 4 is 33.6 Å². The van der Waals surface area contributed by atoms with Crippen molar-refractivity contribution in [2.45, 2.75) is 4.90 Å². The van der Waals surface area contributed by atoms with Gasteiger partial charge in [-0.25, -0.2) is 8.42 Å². The van der Waals surface area contributed by atoms with Crippen LogP contribution in [0.1, 0.15) is 10.4 Å². The van der Waals surface area contributed by atoms with Crippen LogP contribution in [0.15, 0.2) is 53.4 Å². The third kappa shape index (κ3) is 6.44.